The number of likely N-dealkylation sites (tertiary alicyclic amines) is 1. The van der Waals surface area contributed by atoms with Crippen LogP contribution in [0.1, 0.15) is 19.8 Å². The first kappa shape index (κ1) is 11.4. The zero-order chi connectivity index (χ0) is 11.4. The van der Waals surface area contributed by atoms with E-state index in [1.54, 1.807) is 6.20 Å². The van der Waals surface area contributed by atoms with Crippen molar-refractivity contribution >= 4 is 17.7 Å². The number of carbonyl (C=O) groups excluding carboxylic acids is 1. The van der Waals surface area contributed by atoms with Gasteiger partial charge in [0.1, 0.15) is 5.03 Å². The quantitative estimate of drug-likeness (QED) is 0.805. The van der Waals surface area contributed by atoms with Gasteiger partial charge in [-0.15, -0.1) is 5.10 Å². The third-order valence-electron chi connectivity index (χ3n) is 2.75. The van der Waals surface area contributed by atoms with E-state index in [1.165, 1.54) is 18.2 Å². The lowest BCUT2D eigenvalue weighted by Gasteiger charge is -2.30. The second-order valence-corrected chi connectivity index (χ2v) is 5.18. The van der Waals surface area contributed by atoms with E-state index >= 15 is 0 Å². The fraction of sp³-hybridized carbons (Fsp3) is 0.700. The number of amides is 1. The van der Waals surface area contributed by atoms with Gasteiger partial charge in [-0.25, -0.2) is 0 Å². The van der Waals surface area contributed by atoms with E-state index < -0.39 is 0 Å². The lowest BCUT2D eigenvalue weighted by Crippen LogP contribution is -2.40. The number of thioether (sulfide) groups is 1. The highest BCUT2D eigenvalue weighted by atomic mass is 32.2. The first-order valence-electron chi connectivity index (χ1n) is 5.52. The molecule has 2 heterocycles. The summed E-state index contributed by atoms with van der Waals surface area (Å²) in [5, 5.41) is 10.9. The van der Waals surface area contributed by atoms with Gasteiger partial charge in [0.2, 0.25) is 5.91 Å². The van der Waals surface area contributed by atoms with Gasteiger partial charge in [-0.05, 0) is 18.8 Å². The number of hydrogen-bond donors (Lipinski definition) is 1. The molecule has 5 nitrogen and oxygen atoms in total. The molecular formula is C10H16N4OS. The Morgan fingerprint density at radius 3 is 3.31 bits per heavy atom. The molecule has 1 aliphatic rings. The molecule has 6 heteroatoms. The predicted molar refractivity (Wildman–Crippen MR) is 62.1 cm³/mol. The summed E-state index contributed by atoms with van der Waals surface area (Å²) < 4.78 is 0. The van der Waals surface area contributed by atoms with Crippen LogP contribution >= 0.6 is 11.8 Å². The molecule has 0 aliphatic carbocycles. The number of aromatic nitrogens is 3. The Kier molecular flexibility index (Phi) is 3.82. The van der Waals surface area contributed by atoms with E-state index in [1.807, 2.05) is 4.90 Å². The average molecular weight is 240 g/mol. The van der Waals surface area contributed by atoms with Crippen LogP contribution in [0.2, 0.25) is 0 Å². The van der Waals surface area contributed by atoms with E-state index in [-0.39, 0.29) is 5.91 Å². The predicted octanol–water partition coefficient (Wildman–Crippen LogP) is 1.16. The van der Waals surface area contributed by atoms with E-state index in [2.05, 4.69) is 22.3 Å². The molecule has 0 spiro atoms. The number of hydrogen-bond acceptors (Lipinski definition) is 4. The largest absolute Gasteiger partial charge is 0.342 e. The number of aromatic amines is 1. The summed E-state index contributed by atoms with van der Waals surface area (Å²) in [7, 11) is 0. The van der Waals surface area contributed by atoms with E-state index in [0.29, 0.717) is 11.7 Å². The number of nitrogens with zero attached hydrogens (tertiary/aromatic N) is 3. The van der Waals surface area contributed by atoms with Crippen LogP contribution in [-0.4, -0.2) is 45.1 Å². The molecule has 1 unspecified atom stereocenters. The van der Waals surface area contributed by atoms with Gasteiger partial charge in [0.05, 0.1) is 11.9 Å². The molecule has 1 aromatic heterocycles. The number of nitrogens with one attached hydrogen (secondary N) is 1. The van der Waals surface area contributed by atoms with Crippen molar-refractivity contribution in [2.24, 2.45) is 5.92 Å². The van der Waals surface area contributed by atoms with Crippen molar-refractivity contribution in [3.8, 4) is 0 Å². The summed E-state index contributed by atoms with van der Waals surface area (Å²) in [5.74, 6) is 1.30. The van der Waals surface area contributed by atoms with Crippen LogP contribution in [-0.2, 0) is 4.79 Å². The van der Waals surface area contributed by atoms with Gasteiger partial charge in [0, 0.05) is 13.1 Å². The molecule has 1 N–H and O–H groups in total. The lowest BCUT2D eigenvalue weighted by molar-refractivity contribution is -0.130. The number of rotatable bonds is 3. The summed E-state index contributed by atoms with van der Waals surface area (Å²) >= 11 is 1.43. The molecule has 88 valence electrons. The lowest BCUT2D eigenvalue weighted by atomic mass is 10.0. The Morgan fingerprint density at radius 2 is 2.62 bits per heavy atom. The molecule has 0 radical (unpaired) electrons. The molecule has 1 saturated heterocycles. The van der Waals surface area contributed by atoms with Crippen LogP contribution in [0, 0.1) is 5.92 Å². The van der Waals surface area contributed by atoms with Crippen molar-refractivity contribution in [3.05, 3.63) is 6.20 Å². The fourth-order valence-corrected chi connectivity index (χ4v) is 2.59. The van der Waals surface area contributed by atoms with Crippen molar-refractivity contribution < 1.29 is 4.79 Å². The van der Waals surface area contributed by atoms with E-state index in [4.69, 9.17) is 0 Å². The van der Waals surface area contributed by atoms with Crippen molar-refractivity contribution in [1.29, 1.82) is 0 Å². The van der Waals surface area contributed by atoms with Gasteiger partial charge in [0.25, 0.3) is 0 Å². The SMILES string of the molecule is CC1CCCN(C(=O)CSc2cn[nH]n2)C1. The Morgan fingerprint density at radius 1 is 1.75 bits per heavy atom. The van der Waals surface area contributed by atoms with E-state index in [9.17, 15) is 4.79 Å². The molecule has 1 aliphatic heterocycles. The highest BCUT2D eigenvalue weighted by Crippen LogP contribution is 2.18. The van der Waals surface area contributed by atoms with Crippen LogP contribution in [0.5, 0.6) is 0 Å². The van der Waals surface area contributed by atoms with E-state index in [0.717, 1.165) is 24.5 Å². The first-order chi connectivity index (χ1) is 7.75. The second kappa shape index (κ2) is 5.34. The van der Waals surface area contributed by atoms with Crippen molar-refractivity contribution in [2.45, 2.75) is 24.8 Å². The Bertz CT molecular complexity index is 341. The monoisotopic (exact) mass is 240 g/mol. The molecule has 1 aromatic rings. The van der Waals surface area contributed by atoms with Crippen LogP contribution in [0.25, 0.3) is 0 Å². The standard InChI is InChI=1S/C10H16N4OS/c1-8-3-2-4-14(6-8)10(15)7-16-9-5-11-13-12-9/h5,8H,2-4,6-7H2,1H3,(H,11,12,13). The van der Waals surface area contributed by atoms with Crippen LogP contribution in [0.15, 0.2) is 11.2 Å². The zero-order valence-corrected chi connectivity index (χ0v) is 10.2. The summed E-state index contributed by atoms with van der Waals surface area (Å²) in [6.07, 6.45) is 4.00. The highest BCUT2D eigenvalue weighted by Gasteiger charge is 2.20. The summed E-state index contributed by atoms with van der Waals surface area (Å²) in [6.45, 7) is 4.00. The summed E-state index contributed by atoms with van der Waals surface area (Å²) in [4.78, 5) is 13.8. The van der Waals surface area contributed by atoms with Crippen molar-refractivity contribution in [2.75, 3.05) is 18.8 Å². The third-order valence-corrected chi connectivity index (χ3v) is 3.63. The van der Waals surface area contributed by atoms with Gasteiger partial charge in [-0.1, -0.05) is 18.7 Å². The van der Waals surface area contributed by atoms with Gasteiger partial charge in [-0.2, -0.15) is 10.3 Å². The minimum atomic E-state index is 0.208. The van der Waals surface area contributed by atoms with Crippen LogP contribution in [0.3, 0.4) is 0 Å². The topological polar surface area (TPSA) is 61.9 Å². The minimum Gasteiger partial charge on any atom is -0.342 e. The molecule has 1 fully saturated rings. The van der Waals surface area contributed by atoms with Gasteiger partial charge in [-0.3, -0.25) is 4.79 Å². The first-order valence-corrected chi connectivity index (χ1v) is 6.50. The maximum atomic E-state index is 11.9. The molecule has 0 bridgehead atoms. The second-order valence-electron chi connectivity index (χ2n) is 4.18. The van der Waals surface area contributed by atoms with Gasteiger partial charge >= 0.3 is 0 Å². The summed E-state index contributed by atoms with van der Waals surface area (Å²) in [6, 6.07) is 0. The van der Waals surface area contributed by atoms with Crippen molar-refractivity contribution in [1.82, 2.24) is 20.3 Å². The average Bonchev–Trinajstić information content (AvgIpc) is 2.78. The normalized spacial score (nSPS) is 21.1. The van der Waals surface area contributed by atoms with Crippen LogP contribution in [0.4, 0.5) is 0 Å². The third kappa shape index (κ3) is 2.98. The molecule has 1 amide bonds. The maximum Gasteiger partial charge on any atom is 0.233 e. The van der Waals surface area contributed by atoms with Gasteiger partial charge in [0.15, 0.2) is 0 Å². The molecule has 0 saturated carbocycles. The fourth-order valence-electron chi connectivity index (χ4n) is 1.90. The highest BCUT2D eigenvalue weighted by molar-refractivity contribution is 7.99. The Balaban J connectivity index is 1.79. The molecule has 1 atom stereocenters. The Labute approximate surface area is 99.0 Å². The van der Waals surface area contributed by atoms with Crippen molar-refractivity contribution in [3.63, 3.8) is 0 Å². The smallest absolute Gasteiger partial charge is 0.233 e. The maximum absolute atomic E-state index is 11.9. The van der Waals surface area contributed by atoms with Crippen LogP contribution < -0.4 is 0 Å². The van der Waals surface area contributed by atoms with Gasteiger partial charge < -0.3 is 4.90 Å². The molecule has 16 heavy (non-hydrogen) atoms. The number of H-pyrrole nitrogens is 1. The molecule has 2 rings (SSSR count). The molecular weight excluding hydrogens is 224 g/mol. The molecule has 0 aromatic carbocycles. The number of carbonyl (C=O) groups is 1. The zero-order valence-electron chi connectivity index (χ0n) is 9.35. The summed E-state index contributed by atoms with van der Waals surface area (Å²) in [5.41, 5.74) is 0. The minimum absolute atomic E-state index is 0.208. The number of piperidine rings is 1. The Hall–Kier alpha value is -1.04.